The van der Waals surface area contributed by atoms with E-state index in [4.69, 9.17) is 0 Å². The molecule has 0 spiro atoms. The third-order valence-electron chi connectivity index (χ3n) is 2.41. The molecular formula is C13H10I2. The molecule has 0 nitrogen and oxygen atoms in total. The van der Waals surface area contributed by atoms with E-state index in [1.54, 1.807) is 0 Å². The van der Waals surface area contributed by atoms with Gasteiger partial charge in [-0.1, -0.05) is 24.8 Å². The van der Waals surface area contributed by atoms with E-state index in [1.165, 1.54) is 12.7 Å². The number of allylic oxidation sites excluding steroid dienone is 5. The SMILES string of the molecule is CC1CC#CC(C2=C=C(I)CC=C2)=C1I. The Morgan fingerprint density at radius 2 is 2.20 bits per heavy atom. The van der Waals surface area contributed by atoms with Gasteiger partial charge in [-0.05, 0) is 57.2 Å². The quantitative estimate of drug-likeness (QED) is 0.333. The normalized spacial score (nSPS) is 24.3. The van der Waals surface area contributed by atoms with Crippen molar-refractivity contribution in [1.82, 2.24) is 0 Å². The van der Waals surface area contributed by atoms with Crippen LogP contribution in [0.15, 0.2) is 36.2 Å². The van der Waals surface area contributed by atoms with Crippen LogP contribution in [-0.2, 0) is 0 Å². The van der Waals surface area contributed by atoms with Crippen molar-refractivity contribution in [3.8, 4) is 11.8 Å². The minimum absolute atomic E-state index is 0.573. The molecule has 76 valence electrons. The lowest BCUT2D eigenvalue weighted by molar-refractivity contribution is 0.744. The van der Waals surface area contributed by atoms with Gasteiger partial charge in [-0.3, -0.25) is 0 Å². The predicted molar refractivity (Wildman–Crippen MR) is 80.9 cm³/mol. The molecule has 0 aliphatic heterocycles. The van der Waals surface area contributed by atoms with Gasteiger partial charge in [0, 0.05) is 31.1 Å². The summed E-state index contributed by atoms with van der Waals surface area (Å²) in [5, 5.41) is 0. The molecule has 2 aliphatic rings. The molecule has 0 fully saturated rings. The van der Waals surface area contributed by atoms with Crippen molar-refractivity contribution < 1.29 is 0 Å². The van der Waals surface area contributed by atoms with Gasteiger partial charge in [0.15, 0.2) is 0 Å². The molecule has 0 bridgehead atoms. The monoisotopic (exact) mass is 420 g/mol. The number of hydrogen-bond donors (Lipinski definition) is 0. The van der Waals surface area contributed by atoms with Crippen LogP contribution in [0.25, 0.3) is 0 Å². The maximum atomic E-state index is 3.41. The second-order valence-electron chi connectivity index (χ2n) is 3.68. The average Bonchev–Trinajstić information content (AvgIpc) is 2.22. The third-order valence-corrected chi connectivity index (χ3v) is 4.73. The van der Waals surface area contributed by atoms with Gasteiger partial charge in [0.25, 0.3) is 0 Å². The first kappa shape index (κ1) is 11.5. The molecule has 0 aromatic carbocycles. The van der Waals surface area contributed by atoms with E-state index in [0.717, 1.165) is 18.4 Å². The van der Waals surface area contributed by atoms with Crippen LogP contribution in [0.5, 0.6) is 0 Å². The summed E-state index contributed by atoms with van der Waals surface area (Å²) in [5.74, 6) is 7.03. The standard InChI is InChI=1S/C13H10I2/c1-9-4-2-7-12(13(9)15)10-5-3-6-11(14)8-10/h3,5,9H,4,6H2,1H3. The van der Waals surface area contributed by atoms with E-state index in [-0.39, 0.29) is 0 Å². The van der Waals surface area contributed by atoms with Crippen LogP contribution in [0.4, 0.5) is 0 Å². The average molecular weight is 420 g/mol. The molecule has 0 amide bonds. The van der Waals surface area contributed by atoms with Crippen LogP contribution in [-0.4, -0.2) is 0 Å². The van der Waals surface area contributed by atoms with Crippen LogP contribution in [0.2, 0.25) is 0 Å². The van der Waals surface area contributed by atoms with Crippen LogP contribution in [0.1, 0.15) is 19.8 Å². The highest BCUT2D eigenvalue weighted by atomic mass is 127. The van der Waals surface area contributed by atoms with Crippen LogP contribution < -0.4 is 0 Å². The molecule has 0 radical (unpaired) electrons. The van der Waals surface area contributed by atoms with Crippen molar-refractivity contribution in [3.63, 3.8) is 0 Å². The molecule has 0 N–H and O–H groups in total. The molecule has 2 rings (SSSR count). The summed E-state index contributed by atoms with van der Waals surface area (Å²) in [6.07, 6.45) is 6.32. The maximum absolute atomic E-state index is 3.41. The minimum atomic E-state index is 0.573. The van der Waals surface area contributed by atoms with E-state index in [1.807, 2.05) is 0 Å². The number of rotatable bonds is 1. The lowest BCUT2D eigenvalue weighted by Crippen LogP contribution is -2.02. The highest BCUT2D eigenvalue weighted by Crippen LogP contribution is 2.32. The summed E-state index contributed by atoms with van der Waals surface area (Å²) in [4.78, 5) is 0. The van der Waals surface area contributed by atoms with Crippen molar-refractivity contribution in [1.29, 1.82) is 0 Å². The van der Waals surface area contributed by atoms with E-state index in [0.29, 0.717) is 5.92 Å². The Balaban J connectivity index is 2.51. The highest BCUT2D eigenvalue weighted by molar-refractivity contribution is 14.1. The van der Waals surface area contributed by atoms with Gasteiger partial charge in [0.05, 0.1) is 0 Å². The van der Waals surface area contributed by atoms with Gasteiger partial charge in [0.2, 0.25) is 0 Å². The fourth-order valence-corrected chi connectivity index (χ4v) is 2.74. The Labute approximate surface area is 118 Å². The Kier molecular flexibility index (Phi) is 3.76. The van der Waals surface area contributed by atoms with Gasteiger partial charge in [-0.15, -0.1) is 5.73 Å². The van der Waals surface area contributed by atoms with Gasteiger partial charge < -0.3 is 0 Å². The molecule has 1 atom stereocenters. The largest absolute Gasteiger partial charge is 0.101 e. The maximum Gasteiger partial charge on any atom is 0.0491 e. The lowest BCUT2D eigenvalue weighted by Gasteiger charge is -2.15. The molecule has 0 aromatic rings. The van der Waals surface area contributed by atoms with Gasteiger partial charge in [0.1, 0.15) is 0 Å². The zero-order valence-corrected chi connectivity index (χ0v) is 12.7. The van der Waals surface area contributed by atoms with Gasteiger partial charge >= 0.3 is 0 Å². The van der Waals surface area contributed by atoms with Crippen molar-refractivity contribution in [2.75, 3.05) is 0 Å². The topological polar surface area (TPSA) is 0 Å². The van der Waals surface area contributed by atoms with Crippen molar-refractivity contribution in [2.24, 2.45) is 5.92 Å². The highest BCUT2D eigenvalue weighted by Gasteiger charge is 2.16. The lowest BCUT2D eigenvalue weighted by atomic mass is 9.94. The van der Waals surface area contributed by atoms with Crippen LogP contribution in [0.3, 0.4) is 0 Å². The zero-order valence-electron chi connectivity index (χ0n) is 8.40. The third kappa shape index (κ3) is 2.58. The van der Waals surface area contributed by atoms with Gasteiger partial charge in [-0.2, -0.15) is 0 Å². The van der Waals surface area contributed by atoms with E-state index in [2.05, 4.69) is 81.8 Å². The fourth-order valence-electron chi connectivity index (χ4n) is 1.55. The van der Waals surface area contributed by atoms with E-state index < -0.39 is 0 Å². The Bertz CT molecular complexity index is 474. The van der Waals surface area contributed by atoms with Crippen molar-refractivity contribution in [3.05, 3.63) is 36.2 Å². The Morgan fingerprint density at radius 3 is 2.93 bits per heavy atom. The minimum Gasteiger partial charge on any atom is -0.101 e. The molecule has 2 aliphatic carbocycles. The number of halogens is 2. The summed E-state index contributed by atoms with van der Waals surface area (Å²) in [7, 11) is 0. The van der Waals surface area contributed by atoms with Crippen molar-refractivity contribution >= 4 is 45.2 Å². The number of hydrogen-bond acceptors (Lipinski definition) is 0. The molecular weight excluding hydrogens is 410 g/mol. The predicted octanol–water partition coefficient (Wildman–Crippen LogP) is 4.52. The first-order valence-corrected chi connectivity index (χ1v) is 7.05. The van der Waals surface area contributed by atoms with Crippen molar-refractivity contribution in [2.45, 2.75) is 19.8 Å². The molecule has 0 saturated heterocycles. The smallest absolute Gasteiger partial charge is 0.0491 e. The zero-order chi connectivity index (χ0) is 10.8. The molecule has 0 heterocycles. The Hall–Kier alpha value is 0.0200. The fraction of sp³-hybridized carbons (Fsp3) is 0.308. The molecule has 15 heavy (non-hydrogen) atoms. The molecule has 0 saturated carbocycles. The second kappa shape index (κ2) is 4.90. The summed E-state index contributed by atoms with van der Waals surface area (Å²) in [5.41, 5.74) is 5.75. The molecule has 2 heteroatoms. The Morgan fingerprint density at radius 1 is 1.40 bits per heavy atom. The van der Waals surface area contributed by atoms with E-state index in [9.17, 15) is 0 Å². The first-order chi connectivity index (χ1) is 7.18. The van der Waals surface area contributed by atoms with Gasteiger partial charge in [-0.25, -0.2) is 0 Å². The summed E-state index contributed by atoms with van der Waals surface area (Å²) in [6, 6.07) is 0. The summed E-state index contributed by atoms with van der Waals surface area (Å²) in [6.45, 7) is 2.23. The second-order valence-corrected chi connectivity index (χ2v) is 6.14. The summed E-state index contributed by atoms with van der Waals surface area (Å²) < 4.78 is 2.64. The molecule has 0 aromatic heterocycles. The molecule has 1 unspecified atom stereocenters. The van der Waals surface area contributed by atoms with Crippen LogP contribution >= 0.6 is 45.2 Å². The first-order valence-electron chi connectivity index (χ1n) is 4.89. The van der Waals surface area contributed by atoms with Crippen LogP contribution in [0, 0.1) is 17.8 Å². The summed E-state index contributed by atoms with van der Waals surface area (Å²) >= 11 is 4.77. The van der Waals surface area contributed by atoms with E-state index >= 15 is 0 Å².